The molecule has 0 aliphatic carbocycles. The summed E-state index contributed by atoms with van der Waals surface area (Å²) in [5, 5.41) is 7.49. The molecule has 128 valence electrons. The molecule has 1 N–H and O–H groups in total. The Kier molecular flexibility index (Phi) is 4.19. The molecule has 0 aliphatic rings. The van der Waals surface area contributed by atoms with Crippen molar-refractivity contribution in [3.05, 3.63) is 72.4 Å². The van der Waals surface area contributed by atoms with Crippen LogP contribution < -0.4 is 0 Å². The van der Waals surface area contributed by atoms with Gasteiger partial charge in [0.1, 0.15) is 0 Å². The average molecular weight is 343 g/mol. The number of benzene rings is 2. The highest BCUT2D eigenvalue weighted by atomic mass is 16.5. The molecule has 0 unspecified atom stereocenters. The minimum absolute atomic E-state index is 0.321. The van der Waals surface area contributed by atoms with Gasteiger partial charge in [0.25, 0.3) is 0 Å². The number of H-pyrrole nitrogens is 1. The summed E-state index contributed by atoms with van der Waals surface area (Å²) >= 11 is 0. The molecule has 2 aromatic carbocycles. The molecule has 5 heteroatoms. The Morgan fingerprint density at radius 2 is 1.69 bits per heavy atom. The number of carbonyl (C=O) groups excluding carboxylic acids is 1. The SMILES string of the molecule is CCOC(=O)c1cc(-c2ccc(-c3ccccc3)cc2)nc2[nH]ncc12. The number of ether oxygens (including phenoxy) is 1. The third-order valence-electron chi connectivity index (χ3n) is 4.21. The van der Waals surface area contributed by atoms with E-state index in [2.05, 4.69) is 27.3 Å². The van der Waals surface area contributed by atoms with Gasteiger partial charge in [-0.3, -0.25) is 5.10 Å². The predicted octanol–water partition coefficient (Wildman–Crippen LogP) is 4.47. The van der Waals surface area contributed by atoms with Crippen LogP contribution in [0.2, 0.25) is 0 Å². The van der Waals surface area contributed by atoms with E-state index in [0.29, 0.717) is 28.9 Å². The summed E-state index contributed by atoms with van der Waals surface area (Å²) < 4.78 is 5.16. The molecule has 0 bridgehead atoms. The second-order valence-corrected chi connectivity index (χ2v) is 5.85. The van der Waals surface area contributed by atoms with Crippen LogP contribution in [0.3, 0.4) is 0 Å². The number of nitrogens with zero attached hydrogens (tertiary/aromatic N) is 2. The van der Waals surface area contributed by atoms with Crippen molar-refractivity contribution in [2.45, 2.75) is 6.92 Å². The molecular formula is C21H17N3O2. The topological polar surface area (TPSA) is 67.9 Å². The zero-order valence-electron chi connectivity index (χ0n) is 14.3. The van der Waals surface area contributed by atoms with Crippen LogP contribution >= 0.6 is 0 Å². The molecule has 26 heavy (non-hydrogen) atoms. The number of fused-ring (bicyclic) bond motifs is 1. The van der Waals surface area contributed by atoms with E-state index < -0.39 is 0 Å². The Labute approximate surface area is 150 Å². The summed E-state index contributed by atoms with van der Waals surface area (Å²) in [4.78, 5) is 16.9. The molecule has 0 saturated carbocycles. The van der Waals surface area contributed by atoms with Gasteiger partial charge in [-0.25, -0.2) is 9.78 Å². The summed E-state index contributed by atoms with van der Waals surface area (Å²) in [7, 11) is 0. The van der Waals surface area contributed by atoms with Crippen LogP contribution in [-0.4, -0.2) is 27.8 Å². The largest absolute Gasteiger partial charge is 0.462 e. The van der Waals surface area contributed by atoms with E-state index in [9.17, 15) is 4.79 Å². The van der Waals surface area contributed by atoms with Crippen LogP contribution in [-0.2, 0) is 4.74 Å². The summed E-state index contributed by atoms with van der Waals surface area (Å²) in [5.74, 6) is -0.372. The Hall–Kier alpha value is -3.47. The van der Waals surface area contributed by atoms with Gasteiger partial charge in [-0.2, -0.15) is 5.10 Å². The molecule has 0 amide bonds. The van der Waals surface area contributed by atoms with Gasteiger partial charge in [0.15, 0.2) is 5.65 Å². The van der Waals surface area contributed by atoms with E-state index in [0.717, 1.165) is 16.7 Å². The Morgan fingerprint density at radius 3 is 2.42 bits per heavy atom. The lowest BCUT2D eigenvalue weighted by atomic mass is 10.0. The minimum Gasteiger partial charge on any atom is -0.462 e. The first kappa shape index (κ1) is 16.0. The van der Waals surface area contributed by atoms with Crippen LogP contribution in [0.25, 0.3) is 33.4 Å². The van der Waals surface area contributed by atoms with E-state index >= 15 is 0 Å². The van der Waals surface area contributed by atoms with Gasteiger partial charge in [0.2, 0.25) is 0 Å². The fourth-order valence-electron chi connectivity index (χ4n) is 2.92. The van der Waals surface area contributed by atoms with Crippen LogP contribution in [0.15, 0.2) is 66.9 Å². The van der Waals surface area contributed by atoms with Crippen molar-refractivity contribution in [2.24, 2.45) is 0 Å². The number of rotatable bonds is 4. The first-order chi connectivity index (χ1) is 12.8. The van der Waals surface area contributed by atoms with Crippen molar-refractivity contribution in [2.75, 3.05) is 6.61 Å². The summed E-state index contributed by atoms with van der Waals surface area (Å²) in [6.45, 7) is 2.11. The first-order valence-electron chi connectivity index (χ1n) is 8.43. The molecule has 0 fully saturated rings. The van der Waals surface area contributed by atoms with E-state index in [4.69, 9.17) is 4.74 Å². The molecule has 4 aromatic rings. The maximum absolute atomic E-state index is 12.3. The molecule has 5 nitrogen and oxygen atoms in total. The highest BCUT2D eigenvalue weighted by Crippen LogP contribution is 2.27. The lowest BCUT2D eigenvalue weighted by Crippen LogP contribution is -2.06. The van der Waals surface area contributed by atoms with Crippen LogP contribution in [0.1, 0.15) is 17.3 Å². The lowest BCUT2D eigenvalue weighted by molar-refractivity contribution is 0.0528. The molecule has 0 aliphatic heterocycles. The van der Waals surface area contributed by atoms with E-state index in [-0.39, 0.29) is 5.97 Å². The number of aromatic nitrogens is 3. The second-order valence-electron chi connectivity index (χ2n) is 5.85. The number of nitrogens with one attached hydrogen (secondary N) is 1. The zero-order chi connectivity index (χ0) is 17.9. The van der Waals surface area contributed by atoms with Crippen molar-refractivity contribution in [1.82, 2.24) is 15.2 Å². The smallest absolute Gasteiger partial charge is 0.339 e. The fraction of sp³-hybridized carbons (Fsp3) is 0.0952. The fourth-order valence-corrected chi connectivity index (χ4v) is 2.92. The number of aromatic amines is 1. The van der Waals surface area contributed by atoms with Gasteiger partial charge in [-0.15, -0.1) is 0 Å². The van der Waals surface area contributed by atoms with Crippen molar-refractivity contribution in [1.29, 1.82) is 0 Å². The van der Waals surface area contributed by atoms with Gasteiger partial charge >= 0.3 is 5.97 Å². The molecule has 2 aromatic heterocycles. The van der Waals surface area contributed by atoms with E-state index in [1.807, 2.05) is 42.5 Å². The van der Waals surface area contributed by atoms with Gasteiger partial charge in [-0.1, -0.05) is 54.6 Å². The normalized spacial score (nSPS) is 10.8. The van der Waals surface area contributed by atoms with Crippen LogP contribution in [0.4, 0.5) is 0 Å². The molecule has 0 radical (unpaired) electrons. The summed E-state index contributed by atoms with van der Waals surface area (Å²) in [6, 6.07) is 20.0. The highest BCUT2D eigenvalue weighted by molar-refractivity contribution is 6.03. The standard InChI is InChI=1S/C21H17N3O2/c1-2-26-21(25)17-12-19(23-20-18(17)13-22-24-20)16-10-8-15(9-11-16)14-6-4-3-5-7-14/h3-13H,2H2,1H3,(H,22,23,24). The van der Waals surface area contributed by atoms with Crippen molar-refractivity contribution in [3.63, 3.8) is 0 Å². The summed E-state index contributed by atoms with van der Waals surface area (Å²) in [5.41, 5.74) is 4.94. The van der Waals surface area contributed by atoms with Crippen LogP contribution in [0.5, 0.6) is 0 Å². The second kappa shape index (κ2) is 6.80. The van der Waals surface area contributed by atoms with E-state index in [1.165, 1.54) is 0 Å². The molecule has 0 saturated heterocycles. The Balaban J connectivity index is 1.76. The number of hydrogen-bond acceptors (Lipinski definition) is 4. The number of pyridine rings is 1. The van der Waals surface area contributed by atoms with Gasteiger partial charge in [0, 0.05) is 5.56 Å². The van der Waals surface area contributed by atoms with Gasteiger partial charge in [-0.05, 0) is 24.1 Å². The quantitative estimate of drug-likeness (QED) is 0.555. The number of hydrogen-bond donors (Lipinski definition) is 1. The van der Waals surface area contributed by atoms with Gasteiger partial charge < -0.3 is 4.74 Å². The zero-order valence-corrected chi connectivity index (χ0v) is 14.3. The summed E-state index contributed by atoms with van der Waals surface area (Å²) in [6.07, 6.45) is 1.59. The predicted molar refractivity (Wildman–Crippen MR) is 101 cm³/mol. The maximum Gasteiger partial charge on any atom is 0.339 e. The minimum atomic E-state index is -0.372. The van der Waals surface area contributed by atoms with Crippen molar-refractivity contribution in [3.8, 4) is 22.4 Å². The molecular weight excluding hydrogens is 326 g/mol. The molecule has 4 rings (SSSR count). The third kappa shape index (κ3) is 2.95. The number of carbonyl (C=O) groups is 1. The maximum atomic E-state index is 12.3. The molecule has 0 spiro atoms. The van der Waals surface area contributed by atoms with Crippen molar-refractivity contribution < 1.29 is 9.53 Å². The highest BCUT2D eigenvalue weighted by Gasteiger charge is 2.16. The molecule has 2 heterocycles. The Bertz CT molecular complexity index is 1050. The lowest BCUT2D eigenvalue weighted by Gasteiger charge is -2.08. The Morgan fingerprint density at radius 1 is 1.00 bits per heavy atom. The van der Waals surface area contributed by atoms with E-state index in [1.54, 1.807) is 19.2 Å². The monoisotopic (exact) mass is 343 g/mol. The number of esters is 1. The van der Waals surface area contributed by atoms with Gasteiger partial charge in [0.05, 0.1) is 29.4 Å². The average Bonchev–Trinajstić information content (AvgIpc) is 3.17. The first-order valence-corrected chi connectivity index (χ1v) is 8.43. The van der Waals surface area contributed by atoms with Crippen molar-refractivity contribution >= 4 is 17.0 Å². The third-order valence-corrected chi connectivity index (χ3v) is 4.21. The molecule has 0 atom stereocenters. The van der Waals surface area contributed by atoms with Crippen LogP contribution in [0, 0.1) is 0 Å².